The lowest BCUT2D eigenvalue weighted by atomic mass is 10.1. The van der Waals surface area contributed by atoms with Gasteiger partial charge < -0.3 is 62.5 Å². The van der Waals surface area contributed by atoms with Gasteiger partial charge in [-0.15, -0.1) is 0 Å². The second-order valence-corrected chi connectivity index (χ2v) is 25.8. The quantitative estimate of drug-likeness (QED) is 0.0431. The number of ketones is 8. The smallest absolute Gasteiger partial charge is 0.133 e. The van der Waals surface area contributed by atoms with Crippen LogP contribution in [0.5, 0.6) is 23.0 Å². The van der Waals surface area contributed by atoms with Crippen LogP contribution in [0.4, 0.5) is 8.78 Å². The minimum absolute atomic E-state index is 0.138. The molecule has 17 heteroatoms. The molecule has 10 aromatic rings. The zero-order valence-corrected chi connectivity index (χ0v) is 64.1. The second kappa shape index (κ2) is 52.5. The summed E-state index contributed by atoms with van der Waals surface area (Å²) in [6.07, 6.45) is 16.4. The summed E-state index contributed by atoms with van der Waals surface area (Å²) in [5.41, 5.74) is 10.4. The van der Waals surface area contributed by atoms with Crippen LogP contribution in [0.15, 0.2) is 207 Å². The van der Waals surface area contributed by atoms with Gasteiger partial charge >= 0.3 is 0 Å². The predicted octanol–water partition coefficient (Wildman–Crippen LogP) is 20.2. The van der Waals surface area contributed by atoms with Gasteiger partial charge in [-0.05, 0) is 249 Å². The van der Waals surface area contributed by atoms with Crippen molar-refractivity contribution in [2.75, 3.05) is 27.9 Å². The molecule has 0 fully saturated rings. The molecule has 0 spiro atoms. The molecule has 10 rings (SSSR count). The highest BCUT2D eigenvalue weighted by Gasteiger charge is 2.07. The van der Waals surface area contributed by atoms with E-state index in [4.69, 9.17) is 30.5 Å². The number of H-pyrrole nitrogens is 2. The predicted molar refractivity (Wildman–Crippen MR) is 423 cm³/mol. The van der Waals surface area contributed by atoms with E-state index in [9.17, 15) is 47.1 Å². The Labute approximate surface area is 630 Å². The molecule has 0 radical (unpaired) electrons. The molecular weight excluding hydrogens is 1360 g/mol. The second-order valence-electron chi connectivity index (χ2n) is 25.4. The number of aromatic amines is 2. The van der Waals surface area contributed by atoms with Crippen molar-refractivity contribution in [2.45, 2.75) is 165 Å². The van der Waals surface area contributed by atoms with Crippen LogP contribution in [0.1, 0.15) is 159 Å². The number of benzene rings is 8. The number of nitrogens with one attached hydrogen (secondary N) is 2. The number of halogens is 3. The molecule has 0 aliphatic heterocycles. The van der Waals surface area contributed by atoms with Crippen LogP contribution in [0.2, 0.25) is 5.02 Å². The standard InChI is InChI=1S/C13H15NO.C12H13NO.C11H13FO.C11H14O3.2C11H14O2.C10H11ClO.C10H11FO/c1-10(15)5-4-6-11-9-14-13-8-3-2-7-12(11)13;1-9(14)6-7-10-8-13-12-5-3-2-4-11(10)12;1-9(13)3-2-4-10-5-7-11(12)8-6-10;1-9(12)7-8-14-11-5-3-10(13-2)4-6-11;1-9(12)3-4-10-5-7-11(13-2)8-6-10;1-9(12)6-7-10-4-3-5-11(8-10)13-2;2*1-8(12)2-3-9-4-6-10(11)7-5-9/h2-3,7-9,14H,4-6H2,1H3;2-5,8,13H,6-7H2,1H3;5-8H,2-4H2,1H3;3-6H,7-8H2,1-2H3;5-8H,3-4H2,1-2H3;3-5,8H,6-7H2,1-2H3;2*4-7H,2-3H2,1H3. The Morgan fingerprint density at radius 1 is 0.321 bits per heavy atom. The van der Waals surface area contributed by atoms with E-state index in [1.165, 1.54) is 57.2 Å². The Balaban J connectivity index is 0.000000315. The van der Waals surface area contributed by atoms with Crippen molar-refractivity contribution in [3.05, 3.63) is 262 Å². The Bertz CT molecular complexity index is 4160. The number of carbonyl (C=O) groups excluding carboxylic acids is 8. The summed E-state index contributed by atoms with van der Waals surface area (Å²) in [5.74, 6) is 4.52. The van der Waals surface area contributed by atoms with Crippen molar-refractivity contribution in [1.82, 2.24) is 9.97 Å². The number of ether oxygens (including phenoxy) is 4. The van der Waals surface area contributed by atoms with E-state index in [-0.39, 0.29) is 57.9 Å². The molecule has 0 bridgehead atoms. The fourth-order valence-corrected chi connectivity index (χ4v) is 10.0. The Kier molecular flexibility index (Phi) is 44.5. The number of hydrogen-bond donors (Lipinski definition) is 2. The van der Waals surface area contributed by atoms with E-state index in [2.05, 4.69) is 28.2 Å². The normalized spacial score (nSPS) is 10.0. The van der Waals surface area contributed by atoms with Gasteiger partial charge in [0.1, 0.15) is 80.9 Å². The molecule has 0 atom stereocenters. The number of aromatic nitrogens is 2. The van der Waals surface area contributed by atoms with Crippen molar-refractivity contribution >= 4 is 79.7 Å². The molecule has 8 aromatic carbocycles. The van der Waals surface area contributed by atoms with Gasteiger partial charge in [0.2, 0.25) is 0 Å². The largest absolute Gasteiger partial charge is 0.497 e. The first-order valence-electron chi connectivity index (χ1n) is 35.6. The Morgan fingerprint density at radius 2 is 0.651 bits per heavy atom. The highest BCUT2D eigenvalue weighted by molar-refractivity contribution is 6.30. The van der Waals surface area contributed by atoms with Crippen molar-refractivity contribution in [3.63, 3.8) is 0 Å². The van der Waals surface area contributed by atoms with Crippen molar-refractivity contribution in [3.8, 4) is 23.0 Å². The van der Waals surface area contributed by atoms with E-state index in [1.54, 1.807) is 101 Å². The summed E-state index contributed by atoms with van der Waals surface area (Å²) in [4.78, 5) is 92.1. The topological polar surface area (TPSA) is 205 Å². The maximum atomic E-state index is 12.5. The van der Waals surface area contributed by atoms with Gasteiger partial charge in [-0.1, -0.05) is 109 Å². The van der Waals surface area contributed by atoms with Crippen LogP contribution in [0.3, 0.4) is 0 Å². The summed E-state index contributed by atoms with van der Waals surface area (Å²) in [7, 11) is 4.90. The molecular formula is C89H105ClF2N2O12. The first-order chi connectivity index (χ1) is 50.7. The van der Waals surface area contributed by atoms with Crippen LogP contribution in [-0.4, -0.2) is 84.2 Å². The van der Waals surface area contributed by atoms with Gasteiger partial charge in [0, 0.05) is 90.6 Å². The molecule has 106 heavy (non-hydrogen) atoms. The molecule has 0 amide bonds. The molecule has 0 aliphatic rings. The van der Waals surface area contributed by atoms with Gasteiger partial charge in [0.15, 0.2) is 0 Å². The van der Waals surface area contributed by atoms with E-state index >= 15 is 0 Å². The van der Waals surface area contributed by atoms with E-state index in [0.717, 1.165) is 107 Å². The zero-order valence-electron chi connectivity index (χ0n) is 63.4. The third-order valence-electron chi connectivity index (χ3n) is 15.9. The zero-order chi connectivity index (χ0) is 78.0. The summed E-state index contributed by atoms with van der Waals surface area (Å²) >= 11 is 5.71. The van der Waals surface area contributed by atoms with Crippen LogP contribution in [0, 0.1) is 11.6 Å². The molecule has 14 nitrogen and oxygen atoms in total. The fraction of sp³-hybridized carbons (Fsp3) is 0.326. The number of hydrogen-bond acceptors (Lipinski definition) is 12. The SMILES string of the molecule is CC(=O)CCCc1c[nH]c2ccccc12.CC(=O)CCCc1ccc(F)cc1.CC(=O)CCc1c[nH]c2ccccc12.CC(=O)CCc1ccc(Cl)cc1.CC(=O)CCc1ccc(F)cc1.COc1ccc(CCC(C)=O)cc1.COc1ccc(OCCC(C)=O)cc1.COc1cccc(CCC(C)=O)c1. The molecule has 564 valence electrons. The van der Waals surface area contributed by atoms with E-state index in [1.807, 2.05) is 140 Å². The number of para-hydroxylation sites is 2. The van der Waals surface area contributed by atoms with Crippen LogP contribution < -0.4 is 18.9 Å². The number of aryl methyl sites for hydroxylation is 7. The number of carbonyl (C=O) groups is 8. The molecule has 2 heterocycles. The van der Waals surface area contributed by atoms with Gasteiger partial charge in [-0.3, -0.25) is 4.79 Å². The average molecular weight is 1470 g/mol. The van der Waals surface area contributed by atoms with Crippen LogP contribution in [-0.2, 0) is 83.3 Å². The maximum absolute atomic E-state index is 12.5. The lowest BCUT2D eigenvalue weighted by molar-refractivity contribution is -0.118. The number of rotatable bonds is 30. The van der Waals surface area contributed by atoms with Crippen molar-refractivity contribution < 1.29 is 66.1 Å². The lowest BCUT2D eigenvalue weighted by Gasteiger charge is -2.05. The van der Waals surface area contributed by atoms with Crippen LogP contribution >= 0.6 is 11.6 Å². The van der Waals surface area contributed by atoms with Gasteiger partial charge in [0.05, 0.1) is 27.9 Å². The summed E-state index contributed by atoms with van der Waals surface area (Å²) in [6.45, 7) is 13.2. The summed E-state index contributed by atoms with van der Waals surface area (Å²) < 4.78 is 45.3. The molecule has 2 N–H and O–H groups in total. The minimum Gasteiger partial charge on any atom is -0.497 e. The first kappa shape index (κ1) is 89.8. The maximum Gasteiger partial charge on any atom is 0.133 e. The Hall–Kier alpha value is -10.5. The Morgan fingerprint density at radius 3 is 1.06 bits per heavy atom. The number of methoxy groups -OCH3 is 3. The molecule has 0 unspecified atom stereocenters. The first-order valence-corrected chi connectivity index (χ1v) is 35.9. The van der Waals surface area contributed by atoms with E-state index < -0.39 is 0 Å². The highest BCUT2D eigenvalue weighted by Crippen LogP contribution is 2.22. The highest BCUT2D eigenvalue weighted by atomic mass is 35.5. The molecule has 0 aliphatic carbocycles. The molecule has 0 saturated heterocycles. The minimum atomic E-state index is -0.235. The number of Topliss-reactive ketones (excluding diaryl/α,β-unsaturated/α-hetero) is 8. The average Bonchev–Trinajstić information content (AvgIpc) is 1.70. The molecule has 2 aromatic heterocycles. The van der Waals surface area contributed by atoms with Gasteiger partial charge in [-0.25, -0.2) is 8.78 Å². The third kappa shape index (κ3) is 41.7. The monoisotopic (exact) mass is 1470 g/mol. The van der Waals surface area contributed by atoms with Gasteiger partial charge in [-0.2, -0.15) is 0 Å². The summed E-state index contributed by atoms with van der Waals surface area (Å²) in [5, 5.41) is 3.25. The third-order valence-corrected chi connectivity index (χ3v) is 16.2. The number of fused-ring (bicyclic) bond motifs is 2. The summed E-state index contributed by atoms with van der Waals surface area (Å²) in [6, 6.07) is 59.6. The van der Waals surface area contributed by atoms with E-state index in [0.29, 0.717) is 64.4 Å². The van der Waals surface area contributed by atoms with Crippen molar-refractivity contribution in [1.29, 1.82) is 0 Å². The molecule has 0 saturated carbocycles. The van der Waals surface area contributed by atoms with Crippen LogP contribution in [0.25, 0.3) is 21.8 Å². The van der Waals surface area contributed by atoms with Gasteiger partial charge in [0.25, 0.3) is 0 Å². The fourth-order valence-electron chi connectivity index (χ4n) is 9.90. The lowest BCUT2D eigenvalue weighted by Crippen LogP contribution is -2.02. The van der Waals surface area contributed by atoms with Crippen molar-refractivity contribution in [2.24, 2.45) is 0 Å².